The molecule has 0 bridgehead atoms. The quantitative estimate of drug-likeness (QED) is 0.692. The fourth-order valence-corrected chi connectivity index (χ4v) is 4.99. The van der Waals surface area contributed by atoms with E-state index < -0.39 is 10.0 Å². The first-order valence-electron chi connectivity index (χ1n) is 10.8. The minimum Gasteiger partial charge on any atom is -0.335 e. The molecule has 32 heavy (non-hydrogen) atoms. The van der Waals surface area contributed by atoms with E-state index in [0.717, 1.165) is 16.3 Å². The molecule has 1 aliphatic rings. The molecular weight excluding hydrogens is 426 g/mol. The van der Waals surface area contributed by atoms with Crippen molar-refractivity contribution in [2.45, 2.75) is 32.1 Å². The van der Waals surface area contributed by atoms with Crippen molar-refractivity contribution in [3.63, 3.8) is 0 Å². The Bertz CT molecular complexity index is 1120. The molecule has 0 atom stereocenters. The molecule has 172 valence electrons. The fraction of sp³-hybridized carbons (Fsp3) is 0.417. The maximum atomic E-state index is 13.1. The number of amides is 2. The summed E-state index contributed by atoms with van der Waals surface area (Å²) in [6, 6.07) is 10.8. The van der Waals surface area contributed by atoms with Gasteiger partial charge in [-0.05, 0) is 61.2 Å². The Morgan fingerprint density at radius 3 is 1.84 bits per heavy atom. The van der Waals surface area contributed by atoms with Gasteiger partial charge in [0.25, 0.3) is 11.8 Å². The van der Waals surface area contributed by atoms with Gasteiger partial charge >= 0.3 is 0 Å². The van der Waals surface area contributed by atoms with Crippen LogP contribution >= 0.6 is 0 Å². The number of benzene rings is 2. The lowest BCUT2D eigenvalue weighted by molar-refractivity contribution is 0.0535. The van der Waals surface area contributed by atoms with E-state index in [2.05, 4.69) is 6.92 Å². The number of rotatable bonds is 5. The Labute approximate surface area is 190 Å². The minimum absolute atomic E-state index is 0.0368. The molecule has 0 aliphatic carbocycles. The van der Waals surface area contributed by atoms with Gasteiger partial charge in [0.1, 0.15) is 0 Å². The van der Waals surface area contributed by atoms with Crippen molar-refractivity contribution in [3.05, 3.63) is 64.2 Å². The van der Waals surface area contributed by atoms with Gasteiger partial charge in [-0.1, -0.05) is 19.1 Å². The van der Waals surface area contributed by atoms with Gasteiger partial charge in [-0.15, -0.1) is 0 Å². The van der Waals surface area contributed by atoms with E-state index in [-0.39, 0.29) is 16.7 Å². The molecule has 0 aromatic heterocycles. The van der Waals surface area contributed by atoms with Gasteiger partial charge in [0.15, 0.2) is 0 Å². The summed E-state index contributed by atoms with van der Waals surface area (Å²) in [4.78, 5) is 29.5. The Morgan fingerprint density at radius 1 is 0.875 bits per heavy atom. The summed E-state index contributed by atoms with van der Waals surface area (Å²) >= 11 is 0. The normalized spacial score (nSPS) is 14.7. The second-order valence-electron chi connectivity index (χ2n) is 8.34. The predicted octanol–water partition coefficient (Wildman–Crippen LogP) is 2.71. The molecule has 7 nitrogen and oxygen atoms in total. The van der Waals surface area contributed by atoms with Crippen LogP contribution in [0.1, 0.15) is 44.3 Å². The third-order valence-electron chi connectivity index (χ3n) is 6.09. The monoisotopic (exact) mass is 457 g/mol. The summed E-state index contributed by atoms with van der Waals surface area (Å²) in [6.07, 6.45) is 0.922. The number of nitrogens with zero attached hydrogens (tertiary/aromatic N) is 3. The van der Waals surface area contributed by atoms with E-state index in [1.807, 2.05) is 24.3 Å². The number of hydrogen-bond donors (Lipinski definition) is 0. The summed E-state index contributed by atoms with van der Waals surface area (Å²) in [5, 5.41) is 0. The van der Waals surface area contributed by atoms with Crippen LogP contribution in [-0.4, -0.2) is 74.6 Å². The van der Waals surface area contributed by atoms with E-state index in [1.165, 1.54) is 25.7 Å². The van der Waals surface area contributed by atoms with Crippen molar-refractivity contribution in [1.29, 1.82) is 0 Å². The lowest BCUT2D eigenvalue weighted by Gasteiger charge is -2.35. The summed E-state index contributed by atoms with van der Waals surface area (Å²) in [5.74, 6) is -0.256. The topological polar surface area (TPSA) is 78.0 Å². The smallest absolute Gasteiger partial charge is 0.254 e. The molecule has 8 heteroatoms. The van der Waals surface area contributed by atoms with Gasteiger partial charge in [0.05, 0.1) is 4.90 Å². The molecule has 3 rings (SSSR count). The van der Waals surface area contributed by atoms with Gasteiger partial charge in [-0.2, -0.15) is 0 Å². The highest BCUT2D eigenvalue weighted by atomic mass is 32.2. The van der Waals surface area contributed by atoms with Gasteiger partial charge in [0, 0.05) is 51.4 Å². The van der Waals surface area contributed by atoms with Crippen LogP contribution in [0.3, 0.4) is 0 Å². The number of piperazine rings is 1. The average Bonchev–Trinajstić information content (AvgIpc) is 2.79. The van der Waals surface area contributed by atoms with Gasteiger partial charge in [-0.25, -0.2) is 12.7 Å². The van der Waals surface area contributed by atoms with Crippen LogP contribution in [0.4, 0.5) is 0 Å². The molecule has 0 N–H and O–H groups in total. The van der Waals surface area contributed by atoms with Gasteiger partial charge < -0.3 is 9.80 Å². The third-order valence-corrected chi connectivity index (χ3v) is 8.03. The molecule has 1 aliphatic heterocycles. The van der Waals surface area contributed by atoms with Crippen LogP contribution in [0.5, 0.6) is 0 Å². The Balaban J connectivity index is 1.74. The van der Waals surface area contributed by atoms with Gasteiger partial charge in [0.2, 0.25) is 10.0 Å². The van der Waals surface area contributed by atoms with E-state index >= 15 is 0 Å². The van der Waals surface area contributed by atoms with Crippen molar-refractivity contribution in [3.8, 4) is 0 Å². The lowest BCUT2D eigenvalue weighted by atomic mass is 10.0. The van der Waals surface area contributed by atoms with E-state index in [4.69, 9.17) is 0 Å². The standard InChI is InChI=1S/C24H31N3O4S/c1-6-19-7-9-20(10-8-19)23(28)26-11-13-27(14-12-26)24(29)21-15-17(2)18(3)22(16-21)32(30,31)25(4)5/h7-10,15-16H,6,11-14H2,1-5H3. The van der Waals surface area contributed by atoms with E-state index in [0.29, 0.717) is 42.9 Å². The second kappa shape index (κ2) is 9.42. The zero-order valence-corrected chi connectivity index (χ0v) is 20.2. The minimum atomic E-state index is -3.66. The highest BCUT2D eigenvalue weighted by Crippen LogP contribution is 2.24. The SMILES string of the molecule is CCc1ccc(C(=O)N2CCN(C(=O)c3cc(C)c(C)c(S(=O)(=O)N(C)C)c3)CC2)cc1. The fourth-order valence-electron chi connectivity index (χ4n) is 3.78. The van der Waals surface area contributed by atoms with E-state index in [1.54, 1.807) is 29.7 Å². The van der Waals surface area contributed by atoms with Crippen LogP contribution < -0.4 is 0 Å². The number of sulfonamides is 1. The second-order valence-corrected chi connectivity index (χ2v) is 10.5. The van der Waals surface area contributed by atoms with Crippen LogP contribution in [-0.2, 0) is 16.4 Å². The zero-order chi connectivity index (χ0) is 23.6. The van der Waals surface area contributed by atoms with Crippen molar-refractivity contribution in [2.24, 2.45) is 0 Å². The molecular formula is C24H31N3O4S. The molecule has 0 saturated carbocycles. The molecule has 1 saturated heterocycles. The van der Waals surface area contributed by atoms with Crippen LogP contribution in [0.25, 0.3) is 0 Å². The maximum Gasteiger partial charge on any atom is 0.254 e. The van der Waals surface area contributed by atoms with Crippen molar-refractivity contribution >= 4 is 21.8 Å². The van der Waals surface area contributed by atoms with Crippen molar-refractivity contribution < 1.29 is 18.0 Å². The Morgan fingerprint density at radius 2 is 1.38 bits per heavy atom. The molecule has 2 amide bonds. The number of carbonyl (C=O) groups is 2. The summed E-state index contributed by atoms with van der Waals surface area (Å²) in [7, 11) is -0.709. The first-order chi connectivity index (χ1) is 15.1. The van der Waals surface area contributed by atoms with Crippen LogP contribution in [0.15, 0.2) is 41.3 Å². The summed E-state index contributed by atoms with van der Waals surface area (Å²) < 4.78 is 26.6. The third kappa shape index (κ3) is 4.71. The number of carbonyl (C=O) groups excluding carboxylic acids is 2. The summed E-state index contributed by atoms with van der Waals surface area (Å²) in [6.45, 7) is 7.31. The number of hydrogen-bond acceptors (Lipinski definition) is 4. The largest absolute Gasteiger partial charge is 0.335 e. The Kier molecular flexibility index (Phi) is 7.05. The zero-order valence-electron chi connectivity index (χ0n) is 19.4. The maximum absolute atomic E-state index is 13.1. The molecule has 0 radical (unpaired) electrons. The average molecular weight is 458 g/mol. The molecule has 2 aromatic carbocycles. The van der Waals surface area contributed by atoms with Crippen LogP contribution in [0.2, 0.25) is 0 Å². The first-order valence-corrected chi connectivity index (χ1v) is 12.2. The highest BCUT2D eigenvalue weighted by molar-refractivity contribution is 7.89. The molecule has 1 heterocycles. The molecule has 1 fully saturated rings. The molecule has 2 aromatic rings. The lowest BCUT2D eigenvalue weighted by Crippen LogP contribution is -2.50. The molecule has 0 spiro atoms. The van der Waals surface area contributed by atoms with Crippen molar-refractivity contribution in [1.82, 2.24) is 14.1 Å². The molecule has 0 unspecified atom stereocenters. The first kappa shape index (κ1) is 23.9. The highest BCUT2D eigenvalue weighted by Gasteiger charge is 2.28. The van der Waals surface area contributed by atoms with Crippen LogP contribution in [0, 0.1) is 13.8 Å². The predicted molar refractivity (Wildman–Crippen MR) is 124 cm³/mol. The van der Waals surface area contributed by atoms with E-state index in [9.17, 15) is 18.0 Å². The number of aryl methyl sites for hydroxylation is 2. The van der Waals surface area contributed by atoms with Gasteiger partial charge in [-0.3, -0.25) is 9.59 Å². The Hall–Kier alpha value is -2.71. The van der Waals surface area contributed by atoms with Crippen molar-refractivity contribution in [2.75, 3.05) is 40.3 Å². The summed E-state index contributed by atoms with van der Waals surface area (Å²) in [5.41, 5.74) is 3.57.